The fourth-order valence-electron chi connectivity index (χ4n) is 4.93. The van der Waals surface area contributed by atoms with E-state index in [9.17, 15) is 8.42 Å². The number of benzene rings is 2. The standard InChI is InChI=1S/C24H28O3S/c1-27-17-18-5-7-19(8-6-18)22-15-24(13-3-4-14-24)16-23(22)20-9-11-21(12-10-20)28(2,25)26/h5-12H,3-4,13-17H2,1-2H3. The third-order valence-electron chi connectivity index (χ3n) is 6.38. The summed E-state index contributed by atoms with van der Waals surface area (Å²) in [6.45, 7) is 0.628. The molecule has 1 saturated carbocycles. The van der Waals surface area contributed by atoms with Gasteiger partial charge in [-0.15, -0.1) is 0 Å². The topological polar surface area (TPSA) is 43.4 Å². The smallest absolute Gasteiger partial charge is 0.175 e. The van der Waals surface area contributed by atoms with Crippen LogP contribution in [-0.4, -0.2) is 21.8 Å². The molecule has 0 aromatic heterocycles. The molecule has 2 aliphatic carbocycles. The second kappa shape index (κ2) is 7.49. The van der Waals surface area contributed by atoms with Gasteiger partial charge >= 0.3 is 0 Å². The van der Waals surface area contributed by atoms with Gasteiger partial charge < -0.3 is 4.74 Å². The molecule has 148 valence electrons. The highest BCUT2D eigenvalue weighted by molar-refractivity contribution is 7.90. The van der Waals surface area contributed by atoms with Gasteiger partial charge in [0.25, 0.3) is 0 Å². The molecule has 4 rings (SSSR count). The van der Waals surface area contributed by atoms with Gasteiger partial charge in [-0.05, 0) is 71.1 Å². The Morgan fingerprint density at radius 1 is 0.857 bits per heavy atom. The molecule has 0 aliphatic heterocycles. The zero-order valence-electron chi connectivity index (χ0n) is 16.7. The van der Waals surface area contributed by atoms with Crippen LogP contribution < -0.4 is 0 Å². The normalized spacial score (nSPS) is 18.9. The summed E-state index contributed by atoms with van der Waals surface area (Å²) in [5, 5.41) is 0. The van der Waals surface area contributed by atoms with Crippen molar-refractivity contribution < 1.29 is 13.2 Å². The predicted molar refractivity (Wildman–Crippen MR) is 114 cm³/mol. The number of hydrogen-bond acceptors (Lipinski definition) is 3. The fraction of sp³-hybridized carbons (Fsp3) is 0.417. The van der Waals surface area contributed by atoms with Crippen molar-refractivity contribution in [2.24, 2.45) is 5.41 Å². The van der Waals surface area contributed by atoms with E-state index in [1.165, 1.54) is 54.2 Å². The Hall–Kier alpha value is -1.91. The Kier molecular flexibility index (Phi) is 5.19. The Labute approximate surface area is 168 Å². The number of methoxy groups -OCH3 is 1. The molecule has 0 atom stereocenters. The van der Waals surface area contributed by atoms with Gasteiger partial charge in [0.1, 0.15) is 0 Å². The fourth-order valence-corrected chi connectivity index (χ4v) is 5.56. The van der Waals surface area contributed by atoms with Gasteiger partial charge in [0, 0.05) is 13.4 Å². The molecule has 0 amide bonds. The van der Waals surface area contributed by atoms with Gasteiger partial charge in [-0.3, -0.25) is 0 Å². The summed E-state index contributed by atoms with van der Waals surface area (Å²) in [6, 6.07) is 16.2. The highest BCUT2D eigenvalue weighted by atomic mass is 32.2. The molecule has 0 unspecified atom stereocenters. The highest BCUT2D eigenvalue weighted by Gasteiger charge is 2.41. The Balaban J connectivity index is 1.73. The molecule has 2 aromatic rings. The maximum Gasteiger partial charge on any atom is 0.175 e. The van der Waals surface area contributed by atoms with Crippen LogP contribution in [-0.2, 0) is 21.2 Å². The molecule has 0 heterocycles. The van der Waals surface area contributed by atoms with Crippen LogP contribution in [0, 0.1) is 5.41 Å². The second-order valence-electron chi connectivity index (χ2n) is 8.44. The lowest BCUT2D eigenvalue weighted by atomic mass is 9.81. The van der Waals surface area contributed by atoms with Gasteiger partial charge in [0.05, 0.1) is 11.5 Å². The molecular weight excluding hydrogens is 368 g/mol. The third-order valence-corrected chi connectivity index (χ3v) is 7.50. The molecule has 0 saturated heterocycles. The van der Waals surface area contributed by atoms with E-state index in [1.54, 1.807) is 19.2 Å². The van der Waals surface area contributed by atoms with E-state index in [0.29, 0.717) is 16.9 Å². The first kappa shape index (κ1) is 19.4. The Morgan fingerprint density at radius 2 is 1.36 bits per heavy atom. The molecule has 1 fully saturated rings. The Bertz CT molecular complexity index is 977. The molecule has 0 radical (unpaired) electrons. The van der Waals surface area contributed by atoms with Gasteiger partial charge in [0.15, 0.2) is 9.84 Å². The number of allylic oxidation sites excluding steroid dienone is 2. The van der Waals surface area contributed by atoms with Crippen LogP contribution in [0.4, 0.5) is 0 Å². The van der Waals surface area contributed by atoms with E-state index < -0.39 is 9.84 Å². The first-order valence-electron chi connectivity index (χ1n) is 10.0. The van der Waals surface area contributed by atoms with Crippen molar-refractivity contribution in [2.45, 2.75) is 50.0 Å². The van der Waals surface area contributed by atoms with Crippen LogP contribution in [0.5, 0.6) is 0 Å². The van der Waals surface area contributed by atoms with Crippen LogP contribution in [0.2, 0.25) is 0 Å². The van der Waals surface area contributed by atoms with Crippen molar-refractivity contribution in [1.29, 1.82) is 0 Å². The molecule has 3 nitrogen and oxygen atoms in total. The van der Waals surface area contributed by atoms with Crippen molar-refractivity contribution in [3.63, 3.8) is 0 Å². The zero-order valence-corrected chi connectivity index (χ0v) is 17.5. The monoisotopic (exact) mass is 396 g/mol. The van der Waals surface area contributed by atoms with E-state index >= 15 is 0 Å². The molecule has 1 spiro atoms. The quantitative estimate of drug-likeness (QED) is 0.670. The highest BCUT2D eigenvalue weighted by Crippen LogP contribution is 2.57. The van der Waals surface area contributed by atoms with Crippen LogP contribution in [0.15, 0.2) is 53.4 Å². The molecule has 0 N–H and O–H groups in total. The van der Waals surface area contributed by atoms with E-state index in [-0.39, 0.29) is 0 Å². The number of sulfone groups is 1. The maximum absolute atomic E-state index is 11.8. The molecule has 2 aromatic carbocycles. The number of ether oxygens (including phenoxy) is 1. The SMILES string of the molecule is COCc1ccc(C2=C(c3ccc(S(C)(=O)=O)cc3)CC3(CCCC3)C2)cc1. The average molecular weight is 397 g/mol. The van der Waals surface area contributed by atoms with E-state index in [2.05, 4.69) is 24.3 Å². The van der Waals surface area contributed by atoms with Crippen LogP contribution in [0.25, 0.3) is 11.1 Å². The molecular formula is C24H28O3S. The minimum Gasteiger partial charge on any atom is -0.380 e. The summed E-state index contributed by atoms with van der Waals surface area (Å²) in [5.41, 5.74) is 6.84. The van der Waals surface area contributed by atoms with Crippen LogP contribution in [0.1, 0.15) is 55.2 Å². The van der Waals surface area contributed by atoms with Gasteiger partial charge in [-0.2, -0.15) is 0 Å². The first-order chi connectivity index (χ1) is 13.4. The van der Waals surface area contributed by atoms with Crippen molar-refractivity contribution in [3.8, 4) is 0 Å². The van der Waals surface area contributed by atoms with Crippen LogP contribution >= 0.6 is 0 Å². The van der Waals surface area contributed by atoms with E-state index in [1.807, 2.05) is 12.1 Å². The van der Waals surface area contributed by atoms with Crippen molar-refractivity contribution in [2.75, 3.05) is 13.4 Å². The lowest BCUT2D eigenvalue weighted by Gasteiger charge is -2.23. The van der Waals surface area contributed by atoms with E-state index in [0.717, 1.165) is 18.4 Å². The minimum absolute atomic E-state index is 0.385. The van der Waals surface area contributed by atoms with Gasteiger partial charge in [-0.1, -0.05) is 49.2 Å². The predicted octanol–water partition coefficient (Wildman–Crippen LogP) is 5.50. The second-order valence-corrected chi connectivity index (χ2v) is 10.5. The zero-order chi connectivity index (χ0) is 19.8. The summed E-state index contributed by atoms with van der Waals surface area (Å²) in [4.78, 5) is 0.385. The number of hydrogen-bond donors (Lipinski definition) is 0. The third kappa shape index (κ3) is 3.81. The molecule has 28 heavy (non-hydrogen) atoms. The summed E-state index contributed by atoms with van der Waals surface area (Å²) >= 11 is 0. The molecule has 0 bridgehead atoms. The van der Waals surface area contributed by atoms with Crippen LogP contribution in [0.3, 0.4) is 0 Å². The Morgan fingerprint density at radius 3 is 1.82 bits per heavy atom. The first-order valence-corrected chi connectivity index (χ1v) is 11.9. The molecule has 2 aliphatic rings. The van der Waals surface area contributed by atoms with Crippen molar-refractivity contribution in [3.05, 3.63) is 65.2 Å². The van der Waals surface area contributed by atoms with Crippen molar-refractivity contribution in [1.82, 2.24) is 0 Å². The largest absolute Gasteiger partial charge is 0.380 e. The summed E-state index contributed by atoms with van der Waals surface area (Å²) in [6.07, 6.45) is 8.71. The number of rotatable bonds is 5. The van der Waals surface area contributed by atoms with Crippen molar-refractivity contribution >= 4 is 21.0 Å². The average Bonchev–Trinajstić information content (AvgIpc) is 3.29. The van der Waals surface area contributed by atoms with E-state index in [4.69, 9.17) is 4.74 Å². The maximum atomic E-state index is 11.8. The lowest BCUT2D eigenvalue weighted by Crippen LogP contribution is -2.11. The summed E-state index contributed by atoms with van der Waals surface area (Å²) < 4.78 is 28.9. The summed E-state index contributed by atoms with van der Waals surface area (Å²) in [7, 11) is -1.45. The lowest BCUT2D eigenvalue weighted by molar-refractivity contribution is 0.185. The minimum atomic E-state index is -3.17. The van der Waals surface area contributed by atoms with Gasteiger partial charge in [-0.25, -0.2) is 8.42 Å². The van der Waals surface area contributed by atoms with Gasteiger partial charge in [0.2, 0.25) is 0 Å². The molecule has 4 heteroatoms. The summed E-state index contributed by atoms with van der Waals surface area (Å²) in [5.74, 6) is 0.